The first-order chi connectivity index (χ1) is 9.08. The van der Waals surface area contributed by atoms with Crippen LogP contribution in [0.5, 0.6) is 0 Å². The Hall–Kier alpha value is -2.36. The number of hydrogen-bond acceptors (Lipinski definition) is 3. The van der Waals surface area contributed by atoms with Crippen LogP contribution in [0.25, 0.3) is 11.0 Å². The molecule has 0 saturated carbocycles. The molecule has 3 rings (SSSR count). The van der Waals surface area contributed by atoms with Crippen LogP contribution in [0.4, 0.5) is 0 Å². The predicted octanol–water partition coefficient (Wildman–Crippen LogP) is 3.01. The smallest absolute Gasteiger partial charge is 0.231 e. The Morgan fingerprint density at radius 1 is 1.26 bits per heavy atom. The van der Waals surface area contributed by atoms with Gasteiger partial charge in [0.05, 0.1) is 11.3 Å². The molecule has 0 N–H and O–H groups in total. The zero-order valence-corrected chi connectivity index (χ0v) is 11.1. The SMILES string of the molecule is Cc1nn(C)cc1C(=O)c1oc2ccccc2c1C. The molecule has 0 spiro atoms. The molecule has 0 saturated heterocycles. The number of carbonyl (C=O) groups is 1. The van der Waals surface area contributed by atoms with Crippen molar-refractivity contribution in [2.45, 2.75) is 13.8 Å². The number of ketones is 1. The van der Waals surface area contributed by atoms with Crippen molar-refractivity contribution in [1.29, 1.82) is 0 Å². The first-order valence-electron chi connectivity index (χ1n) is 6.11. The number of carbonyl (C=O) groups excluding carboxylic acids is 1. The number of para-hydroxylation sites is 1. The standard InChI is InChI=1S/C15H14N2O2/c1-9-11-6-4-5-7-13(11)19-15(9)14(18)12-8-17(3)16-10(12)2/h4-8H,1-3H3. The van der Waals surface area contributed by atoms with Crippen LogP contribution in [-0.2, 0) is 7.05 Å². The lowest BCUT2D eigenvalue weighted by molar-refractivity contribution is 0.101. The highest BCUT2D eigenvalue weighted by Gasteiger charge is 2.22. The van der Waals surface area contributed by atoms with Crippen LogP contribution in [0.15, 0.2) is 34.9 Å². The molecule has 19 heavy (non-hydrogen) atoms. The lowest BCUT2D eigenvalue weighted by Crippen LogP contribution is -2.02. The second kappa shape index (κ2) is 4.09. The fourth-order valence-electron chi connectivity index (χ4n) is 2.34. The molecular formula is C15H14N2O2. The number of aryl methyl sites for hydroxylation is 3. The molecule has 2 aromatic heterocycles. The van der Waals surface area contributed by atoms with Crippen LogP contribution in [0.2, 0.25) is 0 Å². The molecule has 0 aliphatic heterocycles. The Morgan fingerprint density at radius 2 is 2.00 bits per heavy atom. The molecule has 0 unspecified atom stereocenters. The van der Waals surface area contributed by atoms with E-state index in [4.69, 9.17) is 4.42 Å². The first kappa shape index (κ1) is 11.7. The molecule has 3 aromatic rings. The van der Waals surface area contributed by atoms with Crippen molar-refractivity contribution >= 4 is 16.8 Å². The van der Waals surface area contributed by atoms with Crippen molar-refractivity contribution in [2.75, 3.05) is 0 Å². The van der Waals surface area contributed by atoms with Gasteiger partial charge in [-0.3, -0.25) is 9.48 Å². The molecular weight excluding hydrogens is 240 g/mol. The molecule has 4 nitrogen and oxygen atoms in total. The second-order valence-electron chi connectivity index (χ2n) is 4.68. The number of hydrogen-bond donors (Lipinski definition) is 0. The maximum absolute atomic E-state index is 12.5. The van der Waals surface area contributed by atoms with Gasteiger partial charge in [-0.05, 0) is 19.9 Å². The topological polar surface area (TPSA) is 48.0 Å². The van der Waals surface area contributed by atoms with E-state index in [1.54, 1.807) is 17.9 Å². The van der Waals surface area contributed by atoms with E-state index in [-0.39, 0.29) is 5.78 Å². The van der Waals surface area contributed by atoms with Gasteiger partial charge in [-0.2, -0.15) is 5.10 Å². The van der Waals surface area contributed by atoms with Crippen molar-refractivity contribution in [3.05, 3.63) is 53.0 Å². The number of aromatic nitrogens is 2. The number of rotatable bonds is 2. The molecule has 0 bridgehead atoms. The number of fused-ring (bicyclic) bond motifs is 1. The zero-order valence-electron chi connectivity index (χ0n) is 11.1. The second-order valence-corrected chi connectivity index (χ2v) is 4.68. The van der Waals surface area contributed by atoms with Crippen molar-refractivity contribution < 1.29 is 9.21 Å². The molecule has 0 amide bonds. The largest absolute Gasteiger partial charge is 0.452 e. The average molecular weight is 254 g/mol. The Labute approximate surface area is 110 Å². The van der Waals surface area contributed by atoms with E-state index < -0.39 is 0 Å². The minimum atomic E-state index is -0.112. The van der Waals surface area contributed by atoms with Crippen molar-refractivity contribution in [2.24, 2.45) is 7.05 Å². The fourth-order valence-corrected chi connectivity index (χ4v) is 2.34. The van der Waals surface area contributed by atoms with Crippen molar-refractivity contribution in [3.63, 3.8) is 0 Å². The van der Waals surface area contributed by atoms with Crippen LogP contribution in [0.3, 0.4) is 0 Å². The molecule has 0 aliphatic carbocycles. The summed E-state index contributed by atoms with van der Waals surface area (Å²) in [5.74, 6) is 0.289. The molecule has 2 heterocycles. The Bertz CT molecular complexity index is 781. The highest BCUT2D eigenvalue weighted by atomic mass is 16.3. The number of nitrogens with zero attached hydrogens (tertiary/aromatic N) is 2. The van der Waals surface area contributed by atoms with E-state index in [0.29, 0.717) is 17.0 Å². The van der Waals surface area contributed by atoms with Gasteiger partial charge < -0.3 is 4.42 Å². The van der Waals surface area contributed by atoms with Gasteiger partial charge >= 0.3 is 0 Å². The van der Waals surface area contributed by atoms with Crippen LogP contribution in [0.1, 0.15) is 27.4 Å². The lowest BCUT2D eigenvalue weighted by atomic mass is 10.1. The Kier molecular flexibility index (Phi) is 2.52. The van der Waals surface area contributed by atoms with Crippen LogP contribution in [-0.4, -0.2) is 15.6 Å². The summed E-state index contributed by atoms with van der Waals surface area (Å²) >= 11 is 0. The molecule has 4 heteroatoms. The summed E-state index contributed by atoms with van der Waals surface area (Å²) < 4.78 is 7.33. The summed E-state index contributed by atoms with van der Waals surface area (Å²) in [5.41, 5.74) is 2.92. The Balaban J connectivity index is 2.17. The van der Waals surface area contributed by atoms with Gasteiger partial charge in [0.2, 0.25) is 5.78 Å². The van der Waals surface area contributed by atoms with Crippen LogP contribution < -0.4 is 0 Å². The van der Waals surface area contributed by atoms with E-state index in [2.05, 4.69) is 5.10 Å². The van der Waals surface area contributed by atoms with Gasteiger partial charge in [-0.15, -0.1) is 0 Å². The number of furan rings is 1. The zero-order chi connectivity index (χ0) is 13.6. The van der Waals surface area contributed by atoms with Crippen molar-refractivity contribution in [3.8, 4) is 0 Å². The lowest BCUT2D eigenvalue weighted by Gasteiger charge is -1.96. The van der Waals surface area contributed by atoms with E-state index in [1.165, 1.54) is 0 Å². The number of benzene rings is 1. The third-order valence-electron chi connectivity index (χ3n) is 3.31. The summed E-state index contributed by atoms with van der Waals surface area (Å²) in [4.78, 5) is 12.5. The summed E-state index contributed by atoms with van der Waals surface area (Å²) in [6.07, 6.45) is 1.73. The van der Waals surface area contributed by atoms with Crippen molar-refractivity contribution in [1.82, 2.24) is 9.78 Å². The summed E-state index contributed by atoms with van der Waals surface area (Å²) in [5, 5.41) is 5.17. The molecule has 1 aromatic carbocycles. The molecule has 0 fully saturated rings. The van der Waals surface area contributed by atoms with E-state index in [1.807, 2.05) is 38.1 Å². The van der Waals surface area contributed by atoms with Crippen LogP contribution in [0, 0.1) is 13.8 Å². The van der Waals surface area contributed by atoms with Gasteiger partial charge in [0.25, 0.3) is 0 Å². The summed E-state index contributed by atoms with van der Waals surface area (Å²) in [6.45, 7) is 3.73. The molecule has 0 atom stereocenters. The van der Waals surface area contributed by atoms with Gasteiger partial charge in [0.1, 0.15) is 5.58 Å². The molecule has 96 valence electrons. The molecule has 0 radical (unpaired) electrons. The van der Waals surface area contributed by atoms with E-state index in [9.17, 15) is 4.79 Å². The quantitative estimate of drug-likeness (QED) is 0.660. The predicted molar refractivity (Wildman–Crippen MR) is 72.3 cm³/mol. The maximum Gasteiger partial charge on any atom is 0.231 e. The molecule has 0 aliphatic rings. The normalized spacial score (nSPS) is 11.1. The minimum absolute atomic E-state index is 0.112. The summed E-state index contributed by atoms with van der Waals surface area (Å²) in [6, 6.07) is 7.67. The van der Waals surface area contributed by atoms with Gasteiger partial charge in [-0.25, -0.2) is 0 Å². The highest BCUT2D eigenvalue weighted by molar-refractivity contribution is 6.11. The van der Waals surface area contributed by atoms with E-state index >= 15 is 0 Å². The first-order valence-corrected chi connectivity index (χ1v) is 6.11. The Morgan fingerprint density at radius 3 is 2.63 bits per heavy atom. The van der Waals surface area contributed by atoms with Gasteiger partial charge in [0, 0.05) is 24.2 Å². The highest BCUT2D eigenvalue weighted by Crippen LogP contribution is 2.27. The third-order valence-corrected chi connectivity index (χ3v) is 3.31. The monoisotopic (exact) mass is 254 g/mol. The maximum atomic E-state index is 12.5. The minimum Gasteiger partial charge on any atom is -0.452 e. The van der Waals surface area contributed by atoms with Crippen LogP contribution >= 0.6 is 0 Å². The summed E-state index contributed by atoms with van der Waals surface area (Å²) in [7, 11) is 1.80. The third kappa shape index (κ3) is 1.76. The van der Waals surface area contributed by atoms with E-state index in [0.717, 1.165) is 16.5 Å². The average Bonchev–Trinajstić information content (AvgIpc) is 2.90. The fraction of sp³-hybridized carbons (Fsp3) is 0.200. The van der Waals surface area contributed by atoms with Gasteiger partial charge in [0.15, 0.2) is 5.76 Å². The van der Waals surface area contributed by atoms with Gasteiger partial charge in [-0.1, -0.05) is 18.2 Å².